The van der Waals surface area contributed by atoms with E-state index in [1.165, 1.54) is 22.3 Å². The van der Waals surface area contributed by atoms with E-state index in [0.29, 0.717) is 5.82 Å². The van der Waals surface area contributed by atoms with Gasteiger partial charge in [-0.3, -0.25) is 4.79 Å². The van der Waals surface area contributed by atoms with Crippen molar-refractivity contribution in [2.24, 2.45) is 5.73 Å². The van der Waals surface area contributed by atoms with Gasteiger partial charge in [0.25, 0.3) is 5.91 Å². The number of hydrogen-bond donors (Lipinski definition) is 1. The summed E-state index contributed by atoms with van der Waals surface area (Å²) in [5.41, 5.74) is 10.9. The summed E-state index contributed by atoms with van der Waals surface area (Å²) in [4.78, 5) is 15.4. The Morgan fingerprint density at radius 3 is 2.10 bits per heavy atom. The van der Waals surface area contributed by atoms with Crippen LogP contribution in [0.2, 0.25) is 0 Å². The molecule has 0 radical (unpaired) electrons. The molecule has 0 saturated carbocycles. The number of thiophene rings is 1. The van der Waals surface area contributed by atoms with Gasteiger partial charge in [-0.2, -0.15) is 11.3 Å². The van der Waals surface area contributed by atoms with Crippen LogP contribution < -0.4 is 5.73 Å². The van der Waals surface area contributed by atoms with Crippen molar-refractivity contribution >= 4 is 17.2 Å². The first-order chi connectivity index (χ1) is 13.9. The number of benzene rings is 2. The molecule has 0 aliphatic carbocycles. The lowest BCUT2D eigenvalue weighted by Gasteiger charge is -2.26. The fourth-order valence-corrected chi connectivity index (χ4v) is 4.10. The Morgan fingerprint density at radius 1 is 0.966 bits per heavy atom. The quantitative estimate of drug-likeness (QED) is 0.524. The van der Waals surface area contributed by atoms with E-state index >= 15 is 0 Å². The summed E-state index contributed by atoms with van der Waals surface area (Å²) in [6, 6.07) is 19.0. The minimum atomic E-state index is -0.629. The van der Waals surface area contributed by atoms with Gasteiger partial charge in [-0.1, -0.05) is 50.2 Å². The lowest BCUT2D eigenvalue weighted by atomic mass is 9.78. The summed E-state index contributed by atoms with van der Waals surface area (Å²) in [7, 11) is 0. The first kappa shape index (κ1) is 19.1. The normalized spacial score (nSPS) is 11.6. The number of carbonyl (C=O) groups excluding carboxylic acids is 1. The Morgan fingerprint density at radius 2 is 1.59 bits per heavy atom. The van der Waals surface area contributed by atoms with E-state index in [2.05, 4.69) is 77.2 Å². The highest BCUT2D eigenvalue weighted by Crippen LogP contribution is 2.33. The van der Waals surface area contributed by atoms with Crippen molar-refractivity contribution in [3.63, 3.8) is 0 Å². The number of aromatic nitrogens is 3. The molecule has 6 heteroatoms. The number of rotatable bonds is 5. The zero-order chi connectivity index (χ0) is 20.6. The van der Waals surface area contributed by atoms with Crippen molar-refractivity contribution in [1.82, 2.24) is 14.8 Å². The third-order valence-corrected chi connectivity index (χ3v) is 5.97. The van der Waals surface area contributed by atoms with Crippen molar-refractivity contribution in [2.75, 3.05) is 0 Å². The molecule has 0 bridgehead atoms. The van der Waals surface area contributed by atoms with Crippen LogP contribution in [0.5, 0.6) is 0 Å². The van der Waals surface area contributed by atoms with Crippen LogP contribution in [0.25, 0.3) is 16.8 Å². The standard InChI is InChI=1S/C23H22N4OS/c1-15-25-22(21(24)28)26-27(15)20-10-8-19(9-11-20)23(2,3)18-6-4-16(5-7-18)17-12-13-29-14-17/h4-14H,1-3H3,(H2,24,28). The zero-order valence-electron chi connectivity index (χ0n) is 16.6. The van der Waals surface area contributed by atoms with Crippen LogP contribution in [-0.2, 0) is 5.41 Å². The number of hydrogen-bond acceptors (Lipinski definition) is 4. The monoisotopic (exact) mass is 402 g/mol. The molecule has 0 spiro atoms. The van der Waals surface area contributed by atoms with E-state index in [9.17, 15) is 4.79 Å². The van der Waals surface area contributed by atoms with Crippen LogP contribution in [0.15, 0.2) is 65.4 Å². The number of aryl methyl sites for hydroxylation is 1. The predicted octanol–water partition coefficient (Wildman–Crippen LogP) is 4.73. The largest absolute Gasteiger partial charge is 0.363 e. The molecule has 4 aromatic rings. The molecular formula is C23H22N4OS. The number of nitrogens with two attached hydrogens (primary N) is 1. The van der Waals surface area contributed by atoms with Gasteiger partial charge in [0.15, 0.2) is 0 Å². The Balaban J connectivity index is 1.61. The number of amides is 1. The first-order valence-electron chi connectivity index (χ1n) is 9.34. The molecule has 5 nitrogen and oxygen atoms in total. The summed E-state index contributed by atoms with van der Waals surface area (Å²) in [6.07, 6.45) is 0. The van der Waals surface area contributed by atoms with Crippen molar-refractivity contribution in [1.29, 1.82) is 0 Å². The van der Waals surface area contributed by atoms with Crippen molar-refractivity contribution in [3.05, 3.63) is 88.1 Å². The van der Waals surface area contributed by atoms with E-state index in [0.717, 1.165) is 5.69 Å². The van der Waals surface area contributed by atoms with Crippen LogP contribution in [0.1, 0.15) is 41.4 Å². The molecule has 2 N–H and O–H groups in total. The van der Waals surface area contributed by atoms with Crippen LogP contribution in [0, 0.1) is 6.92 Å². The highest BCUT2D eigenvalue weighted by molar-refractivity contribution is 7.08. The summed E-state index contributed by atoms with van der Waals surface area (Å²) in [5, 5.41) is 8.45. The number of primary amides is 1. The molecule has 2 aromatic heterocycles. The fraction of sp³-hybridized carbons (Fsp3) is 0.174. The lowest BCUT2D eigenvalue weighted by molar-refractivity contribution is 0.0990. The molecular weight excluding hydrogens is 380 g/mol. The molecule has 146 valence electrons. The summed E-state index contributed by atoms with van der Waals surface area (Å²) in [6.45, 7) is 6.23. The van der Waals surface area contributed by atoms with Gasteiger partial charge in [-0.05, 0) is 58.1 Å². The molecule has 4 rings (SSSR count). The highest BCUT2D eigenvalue weighted by atomic mass is 32.1. The number of nitrogens with zero attached hydrogens (tertiary/aromatic N) is 3. The van der Waals surface area contributed by atoms with Gasteiger partial charge in [0.2, 0.25) is 5.82 Å². The van der Waals surface area contributed by atoms with Crippen LogP contribution in [0.3, 0.4) is 0 Å². The molecule has 0 fully saturated rings. The van der Waals surface area contributed by atoms with E-state index in [-0.39, 0.29) is 11.2 Å². The summed E-state index contributed by atoms with van der Waals surface area (Å²) < 4.78 is 1.63. The maximum absolute atomic E-state index is 11.3. The van der Waals surface area contributed by atoms with Crippen molar-refractivity contribution in [3.8, 4) is 16.8 Å². The minimum Gasteiger partial charge on any atom is -0.363 e. The van der Waals surface area contributed by atoms with Gasteiger partial charge in [0.05, 0.1) is 5.69 Å². The summed E-state index contributed by atoms with van der Waals surface area (Å²) >= 11 is 1.71. The van der Waals surface area contributed by atoms with Crippen molar-refractivity contribution < 1.29 is 4.79 Å². The lowest BCUT2D eigenvalue weighted by Crippen LogP contribution is -2.19. The molecule has 0 aliphatic rings. The zero-order valence-corrected chi connectivity index (χ0v) is 17.4. The number of carbonyl (C=O) groups is 1. The average Bonchev–Trinajstić information content (AvgIpc) is 3.38. The average molecular weight is 403 g/mol. The maximum atomic E-state index is 11.3. The third kappa shape index (κ3) is 3.59. The fourth-order valence-electron chi connectivity index (χ4n) is 3.43. The van der Waals surface area contributed by atoms with Crippen LogP contribution >= 0.6 is 11.3 Å². The molecule has 2 heterocycles. The summed E-state index contributed by atoms with van der Waals surface area (Å²) in [5.74, 6) is 0.0166. The molecule has 0 atom stereocenters. The van der Waals surface area contributed by atoms with E-state index in [4.69, 9.17) is 5.73 Å². The predicted molar refractivity (Wildman–Crippen MR) is 116 cm³/mol. The SMILES string of the molecule is Cc1nc(C(N)=O)nn1-c1ccc(C(C)(C)c2ccc(-c3ccsc3)cc2)cc1. The Bertz CT molecular complexity index is 1140. The van der Waals surface area contributed by atoms with E-state index in [1.807, 2.05) is 12.1 Å². The minimum absolute atomic E-state index is 0.0256. The van der Waals surface area contributed by atoms with Gasteiger partial charge in [0, 0.05) is 5.41 Å². The van der Waals surface area contributed by atoms with Crippen LogP contribution in [-0.4, -0.2) is 20.7 Å². The highest BCUT2D eigenvalue weighted by Gasteiger charge is 2.23. The van der Waals surface area contributed by atoms with Crippen LogP contribution in [0.4, 0.5) is 0 Å². The second-order valence-electron chi connectivity index (χ2n) is 7.52. The van der Waals surface area contributed by atoms with Gasteiger partial charge in [0.1, 0.15) is 5.82 Å². The third-order valence-electron chi connectivity index (χ3n) is 5.28. The molecule has 2 aromatic carbocycles. The molecule has 29 heavy (non-hydrogen) atoms. The second kappa shape index (κ2) is 7.29. The van der Waals surface area contributed by atoms with E-state index < -0.39 is 5.91 Å². The molecule has 1 amide bonds. The maximum Gasteiger partial charge on any atom is 0.288 e. The van der Waals surface area contributed by atoms with E-state index in [1.54, 1.807) is 22.9 Å². The Kier molecular flexibility index (Phi) is 4.80. The smallest absolute Gasteiger partial charge is 0.288 e. The van der Waals surface area contributed by atoms with Gasteiger partial charge >= 0.3 is 0 Å². The molecule has 0 saturated heterocycles. The van der Waals surface area contributed by atoms with Gasteiger partial charge in [-0.15, -0.1) is 5.10 Å². The molecule has 0 aliphatic heterocycles. The Hall–Kier alpha value is -3.25. The Labute approximate surface area is 173 Å². The molecule has 0 unspecified atom stereocenters. The van der Waals surface area contributed by atoms with Gasteiger partial charge in [-0.25, -0.2) is 9.67 Å². The second-order valence-corrected chi connectivity index (χ2v) is 8.30. The topological polar surface area (TPSA) is 73.8 Å². The first-order valence-corrected chi connectivity index (χ1v) is 10.3. The van der Waals surface area contributed by atoms with Crippen molar-refractivity contribution in [2.45, 2.75) is 26.2 Å². The van der Waals surface area contributed by atoms with Gasteiger partial charge < -0.3 is 5.73 Å².